The Morgan fingerprint density at radius 1 is 0.895 bits per heavy atom. The second kappa shape index (κ2) is 10.7. The van der Waals surface area contributed by atoms with Gasteiger partial charge in [-0.05, 0) is 49.0 Å². The van der Waals surface area contributed by atoms with Gasteiger partial charge in [0.25, 0.3) is 0 Å². The Kier molecular flexibility index (Phi) is 6.85. The van der Waals surface area contributed by atoms with Gasteiger partial charge >= 0.3 is 0 Å². The molecule has 1 N–H and O–H groups in total. The van der Waals surface area contributed by atoms with Crippen molar-refractivity contribution in [3.05, 3.63) is 90.6 Å². The fraction of sp³-hybridized carbons (Fsp3) is 0.276. The number of anilines is 4. The molecule has 0 aliphatic carbocycles. The number of hydroxylamine groups is 1. The summed E-state index contributed by atoms with van der Waals surface area (Å²) < 4.78 is 13.6. The molecule has 2 saturated heterocycles. The third-order valence-corrected chi connectivity index (χ3v) is 7.10. The van der Waals surface area contributed by atoms with Crippen molar-refractivity contribution in [3.63, 3.8) is 0 Å². The van der Waals surface area contributed by atoms with E-state index in [1.54, 1.807) is 12.3 Å². The molecule has 0 saturated carbocycles. The molecular formula is C29H30FN7O. The first kappa shape index (κ1) is 24.3. The van der Waals surface area contributed by atoms with Crippen LogP contribution in [0.4, 0.5) is 27.5 Å². The van der Waals surface area contributed by atoms with E-state index in [-0.39, 0.29) is 6.04 Å². The average molecular weight is 512 g/mol. The highest BCUT2D eigenvalue weighted by atomic mass is 19.1. The molecule has 8 nitrogen and oxygen atoms in total. The Hall–Kier alpha value is -4.08. The van der Waals surface area contributed by atoms with Crippen LogP contribution in [0.1, 0.15) is 18.0 Å². The van der Waals surface area contributed by atoms with Crippen LogP contribution in [0, 0.1) is 5.95 Å². The lowest BCUT2D eigenvalue weighted by molar-refractivity contribution is 0.157. The van der Waals surface area contributed by atoms with Gasteiger partial charge in [-0.1, -0.05) is 30.3 Å². The number of benzene rings is 2. The molecule has 0 radical (unpaired) electrons. The lowest BCUT2D eigenvalue weighted by Gasteiger charge is -2.34. The highest BCUT2D eigenvalue weighted by Gasteiger charge is 2.31. The average Bonchev–Trinajstić information content (AvgIpc) is 3.45. The monoisotopic (exact) mass is 511 g/mol. The van der Waals surface area contributed by atoms with Crippen LogP contribution in [-0.2, 0) is 4.84 Å². The van der Waals surface area contributed by atoms with E-state index in [9.17, 15) is 4.39 Å². The van der Waals surface area contributed by atoms with Crippen molar-refractivity contribution < 1.29 is 9.23 Å². The maximum atomic E-state index is 13.6. The van der Waals surface area contributed by atoms with E-state index in [2.05, 4.69) is 56.4 Å². The normalized spacial score (nSPS) is 18.1. The Bertz CT molecular complexity index is 1360. The molecule has 1 atom stereocenters. The summed E-state index contributed by atoms with van der Waals surface area (Å²) in [5, 5.41) is 5.19. The Balaban J connectivity index is 1.30. The van der Waals surface area contributed by atoms with E-state index in [0.29, 0.717) is 23.9 Å². The van der Waals surface area contributed by atoms with Crippen LogP contribution in [0.2, 0.25) is 0 Å². The van der Waals surface area contributed by atoms with Gasteiger partial charge < -0.3 is 15.1 Å². The molecule has 0 amide bonds. The summed E-state index contributed by atoms with van der Waals surface area (Å²) in [4.78, 5) is 24.2. The topological polar surface area (TPSA) is 69.7 Å². The van der Waals surface area contributed by atoms with Crippen LogP contribution in [0.5, 0.6) is 0 Å². The van der Waals surface area contributed by atoms with Gasteiger partial charge in [0.05, 0.1) is 12.6 Å². The summed E-state index contributed by atoms with van der Waals surface area (Å²) in [5.41, 5.74) is 4.68. The SMILES string of the molecule is CN1CCN(c2ccc(Nc3ncc(-c4ccc(F)nc4)c(N4OCCC4c4ccccc4)n3)cc2)CC1. The zero-order valence-corrected chi connectivity index (χ0v) is 21.3. The molecule has 4 aromatic rings. The van der Waals surface area contributed by atoms with Crippen molar-refractivity contribution in [2.24, 2.45) is 0 Å². The molecule has 0 spiro atoms. The molecule has 2 aliphatic heterocycles. The fourth-order valence-corrected chi connectivity index (χ4v) is 4.95. The third-order valence-electron chi connectivity index (χ3n) is 7.10. The van der Waals surface area contributed by atoms with Crippen molar-refractivity contribution in [3.8, 4) is 11.1 Å². The molecule has 194 valence electrons. The van der Waals surface area contributed by atoms with Crippen LogP contribution in [0.3, 0.4) is 0 Å². The van der Waals surface area contributed by atoms with Gasteiger partial charge in [-0.2, -0.15) is 9.37 Å². The van der Waals surface area contributed by atoms with Crippen LogP contribution in [-0.4, -0.2) is 59.7 Å². The number of hydrogen-bond acceptors (Lipinski definition) is 8. The number of nitrogens with zero attached hydrogens (tertiary/aromatic N) is 6. The number of rotatable bonds is 6. The largest absolute Gasteiger partial charge is 0.369 e. The van der Waals surface area contributed by atoms with Gasteiger partial charge in [0.15, 0.2) is 5.82 Å². The summed E-state index contributed by atoms with van der Waals surface area (Å²) in [6, 6.07) is 21.6. The molecule has 4 heterocycles. The predicted octanol–water partition coefficient (Wildman–Crippen LogP) is 5.06. The lowest BCUT2D eigenvalue weighted by Crippen LogP contribution is -2.44. The molecule has 2 aromatic carbocycles. The molecule has 9 heteroatoms. The minimum atomic E-state index is -0.533. The van der Waals surface area contributed by atoms with Gasteiger partial charge in [-0.3, -0.25) is 4.84 Å². The van der Waals surface area contributed by atoms with Gasteiger partial charge in [0, 0.05) is 67.5 Å². The second-order valence-corrected chi connectivity index (χ2v) is 9.64. The van der Waals surface area contributed by atoms with Crippen LogP contribution in [0.15, 0.2) is 79.1 Å². The Labute approximate surface area is 221 Å². The number of pyridine rings is 1. The minimum Gasteiger partial charge on any atom is -0.369 e. The summed E-state index contributed by atoms with van der Waals surface area (Å²) in [5.74, 6) is 0.527. The van der Waals surface area contributed by atoms with Gasteiger partial charge in [-0.15, -0.1) is 0 Å². The maximum absolute atomic E-state index is 13.6. The van der Waals surface area contributed by atoms with Crippen LogP contribution < -0.4 is 15.3 Å². The summed E-state index contributed by atoms with van der Waals surface area (Å²) in [7, 11) is 2.16. The highest BCUT2D eigenvalue weighted by molar-refractivity contribution is 5.76. The second-order valence-electron chi connectivity index (χ2n) is 9.64. The van der Waals surface area contributed by atoms with Gasteiger partial charge in [-0.25, -0.2) is 15.0 Å². The number of halogens is 1. The molecule has 2 aliphatic rings. The third kappa shape index (κ3) is 5.16. The number of hydrogen-bond donors (Lipinski definition) is 1. The zero-order valence-electron chi connectivity index (χ0n) is 21.3. The smallest absolute Gasteiger partial charge is 0.229 e. The number of aromatic nitrogens is 3. The van der Waals surface area contributed by atoms with Gasteiger partial charge in [0.2, 0.25) is 11.9 Å². The van der Waals surface area contributed by atoms with E-state index in [4.69, 9.17) is 9.82 Å². The summed E-state index contributed by atoms with van der Waals surface area (Å²) >= 11 is 0. The molecule has 2 fully saturated rings. The fourth-order valence-electron chi connectivity index (χ4n) is 4.95. The lowest BCUT2D eigenvalue weighted by atomic mass is 10.0. The van der Waals surface area contributed by atoms with Crippen LogP contribution in [0.25, 0.3) is 11.1 Å². The van der Waals surface area contributed by atoms with Crippen molar-refractivity contribution in [2.75, 3.05) is 55.1 Å². The van der Waals surface area contributed by atoms with Gasteiger partial charge in [0.1, 0.15) is 0 Å². The number of nitrogens with one attached hydrogen (secondary N) is 1. The zero-order chi connectivity index (χ0) is 25.9. The standard InChI is InChI=1S/C29H30FN7O/c1-35-14-16-36(17-15-35)24-10-8-23(9-11-24)33-29-32-20-25(22-7-12-27(30)31-19-22)28(34-29)37-26(13-18-38-37)21-5-3-2-4-6-21/h2-12,19-20,26H,13-18H2,1H3,(H,32,33,34). The maximum Gasteiger partial charge on any atom is 0.229 e. The Morgan fingerprint density at radius 3 is 2.42 bits per heavy atom. The first-order valence-corrected chi connectivity index (χ1v) is 12.9. The first-order valence-electron chi connectivity index (χ1n) is 12.9. The molecule has 1 unspecified atom stereocenters. The van der Waals surface area contributed by atoms with E-state index in [1.165, 1.54) is 18.0 Å². The summed E-state index contributed by atoms with van der Waals surface area (Å²) in [6.07, 6.45) is 4.06. The molecule has 38 heavy (non-hydrogen) atoms. The van der Waals surface area contributed by atoms with Crippen molar-refractivity contribution in [1.29, 1.82) is 0 Å². The first-order chi connectivity index (χ1) is 18.6. The number of piperazine rings is 1. The minimum absolute atomic E-state index is 0.00558. The Morgan fingerprint density at radius 2 is 1.68 bits per heavy atom. The summed E-state index contributed by atoms with van der Waals surface area (Å²) in [6.45, 7) is 4.74. The van der Waals surface area contributed by atoms with Crippen LogP contribution >= 0.6 is 0 Å². The molecular weight excluding hydrogens is 481 g/mol. The molecule has 6 rings (SSSR count). The van der Waals surface area contributed by atoms with Crippen molar-refractivity contribution in [1.82, 2.24) is 19.9 Å². The molecule has 0 bridgehead atoms. The highest BCUT2D eigenvalue weighted by Crippen LogP contribution is 2.39. The number of likely N-dealkylation sites (N-methyl/N-ethyl adjacent to an activating group) is 1. The van der Waals surface area contributed by atoms with E-state index in [0.717, 1.165) is 49.4 Å². The predicted molar refractivity (Wildman–Crippen MR) is 147 cm³/mol. The van der Waals surface area contributed by atoms with E-state index < -0.39 is 5.95 Å². The molecule has 2 aromatic heterocycles. The quantitative estimate of drug-likeness (QED) is 0.361. The van der Waals surface area contributed by atoms with E-state index >= 15 is 0 Å². The van der Waals surface area contributed by atoms with Crippen molar-refractivity contribution in [2.45, 2.75) is 12.5 Å². The van der Waals surface area contributed by atoms with E-state index in [1.807, 2.05) is 35.4 Å². The van der Waals surface area contributed by atoms with Crippen molar-refractivity contribution >= 4 is 23.1 Å².